The zero-order valence-electron chi connectivity index (χ0n) is 9.39. The van der Waals surface area contributed by atoms with Gasteiger partial charge in [0.1, 0.15) is 6.10 Å². The third-order valence-corrected chi connectivity index (χ3v) is 2.68. The number of carbonyl (C=O) groups excluding carboxylic acids is 1. The van der Waals surface area contributed by atoms with Gasteiger partial charge in [0.2, 0.25) is 0 Å². The van der Waals surface area contributed by atoms with Gasteiger partial charge in [0.05, 0.1) is 12.5 Å². The summed E-state index contributed by atoms with van der Waals surface area (Å²) in [5, 5.41) is 8.50. The molecule has 0 aromatic rings. The number of likely N-dealkylation sites (N-methyl/N-ethyl adjacent to an activating group) is 1. The van der Waals surface area contributed by atoms with Crippen LogP contribution in [0.4, 0.5) is 0 Å². The first-order valence-corrected chi connectivity index (χ1v) is 5.37. The molecular formula is C10H18N2O4. The maximum absolute atomic E-state index is 11.8. The highest BCUT2D eigenvalue weighted by Crippen LogP contribution is 2.20. The molecule has 1 aliphatic rings. The molecule has 2 unspecified atom stereocenters. The molecule has 6 nitrogen and oxygen atoms in total. The fourth-order valence-electron chi connectivity index (χ4n) is 1.68. The summed E-state index contributed by atoms with van der Waals surface area (Å²) in [7, 11) is 1.59. The third-order valence-electron chi connectivity index (χ3n) is 2.68. The first-order valence-electron chi connectivity index (χ1n) is 5.37. The van der Waals surface area contributed by atoms with Crippen molar-refractivity contribution < 1.29 is 19.4 Å². The van der Waals surface area contributed by atoms with Gasteiger partial charge in [0, 0.05) is 20.1 Å². The van der Waals surface area contributed by atoms with Gasteiger partial charge in [-0.05, 0) is 12.8 Å². The van der Waals surface area contributed by atoms with Gasteiger partial charge < -0.3 is 20.5 Å². The fourth-order valence-corrected chi connectivity index (χ4v) is 1.68. The second-order valence-corrected chi connectivity index (χ2v) is 3.96. The number of carbonyl (C=O) groups is 2. The van der Waals surface area contributed by atoms with Crippen molar-refractivity contribution in [3.63, 3.8) is 0 Å². The van der Waals surface area contributed by atoms with Gasteiger partial charge >= 0.3 is 5.97 Å². The second-order valence-electron chi connectivity index (χ2n) is 3.96. The fraction of sp³-hybridized carbons (Fsp3) is 0.800. The summed E-state index contributed by atoms with van der Waals surface area (Å²) in [6, 6.07) is 0. The van der Waals surface area contributed by atoms with Gasteiger partial charge in [-0.1, -0.05) is 0 Å². The van der Waals surface area contributed by atoms with Gasteiger partial charge in [-0.2, -0.15) is 0 Å². The topological polar surface area (TPSA) is 92.9 Å². The number of nitrogens with two attached hydrogens (primary N) is 1. The van der Waals surface area contributed by atoms with E-state index < -0.39 is 12.1 Å². The van der Waals surface area contributed by atoms with E-state index in [4.69, 9.17) is 15.6 Å². The van der Waals surface area contributed by atoms with Crippen LogP contribution in [-0.4, -0.2) is 54.2 Å². The summed E-state index contributed by atoms with van der Waals surface area (Å²) in [5.41, 5.74) is 5.44. The van der Waals surface area contributed by atoms with E-state index in [1.807, 2.05) is 0 Å². The Kier molecular flexibility index (Phi) is 4.70. The number of hydrogen-bond donors (Lipinski definition) is 2. The predicted octanol–water partition coefficient (Wildman–Crippen LogP) is -0.574. The van der Waals surface area contributed by atoms with E-state index in [0.717, 1.165) is 6.42 Å². The summed E-state index contributed by atoms with van der Waals surface area (Å²) in [4.78, 5) is 23.5. The number of ether oxygens (including phenoxy) is 1. The number of amides is 1. The third kappa shape index (κ3) is 3.46. The second kappa shape index (κ2) is 5.81. The normalized spacial score (nSPS) is 24.4. The quantitative estimate of drug-likeness (QED) is 0.659. The Bertz CT molecular complexity index is 270. The van der Waals surface area contributed by atoms with Crippen molar-refractivity contribution in [2.75, 3.05) is 20.1 Å². The van der Waals surface area contributed by atoms with E-state index in [1.165, 1.54) is 4.90 Å². The van der Waals surface area contributed by atoms with Crippen LogP contribution in [0.3, 0.4) is 0 Å². The molecule has 1 heterocycles. The molecule has 0 aliphatic carbocycles. The Balaban J connectivity index is 2.36. The molecule has 1 fully saturated rings. The van der Waals surface area contributed by atoms with Crippen LogP contribution in [0.15, 0.2) is 0 Å². The van der Waals surface area contributed by atoms with Crippen LogP contribution in [0.1, 0.15) is 19.3 Å². The lowest BCUT2D eigenvalue weighted by Crippen LogP contribution is -2.38. The first-order chi connectivity index (χ1) is 7.54. The minimum atomic E-state index is -0.910. The van der Waals surface area contributed by atoms with Crippen molar-refractivity contribution in [2.24, 2.45) is 5.73 Å². The lowest BCUT2D eigenvalue weighted by molar-refractivity contribution is -0.143. The van der Waals surface area contributed by atoms with Crippen LogP contribution < -0.4 is 5.73 Å². The molecule has 3 N–H and O–H groups in total. The molecular weight excluding hydrogens is 212 g/mol. The highest BCUT2D eigenvalue weighted by atomic mass is 16.5. The van der Waals surface area contributed by atoms with E-state index in [-0.39, 0.29) is 25.0 Å². The molecule has 0 bridgehead atoms. The standard InChI is InChI=1S/C10H18N2O4/c1-12(5-4-9(13)14)10(15)8-3-2-7(6-11)16-8/h7-8H,2-6,11H2,1H3,(H,13,14). The smallest absolute Gasteiger partial charge is 0.305 e. The molecule has 1 rings (SSSR count). The number of nitrogens with zero attached hydrogens (tertiary/aromatic N) is 1. The molecule has 1 aliphatic heterocycles. The van der Waals surface area contributed by atoms with E-state index in [2.05, 4.69) is 0 Å². The van der Waals surface area contributed by atoms with Crippen molar-refractivity contribution >= 4 is 11.9 Å². The van der Waals surface area contributed by atoms with Crippen LogP contribution in [-0.2, 0) is 14.3 Å². The van der Waals surface area contributed by atoms with Gasteiger partial charge in [-0.3, -0.25) is 9.59 Å². The minimum Gasteiger partial charge on any atom is -0.481 e. The average molecular weight is 230 g/mol. The number of aliphatic carboxylic acids is 1. The predicted molar refractivity (Wildman–Crippen MR) is 56.8 cm³/mol. The van der Waals surface area contributed by atoms with Crippen LogP contribution in [0.2, 0.25) is 0 Å². The summed E-state index contributed by atoms with van der Waals surface area (Å²) in [6.45, 7) is 0.629. The highest BCUT2D eigenvalue weighted by molar-refractivity contribution is 5.81. The molecule has 1 saturated heterocycles. The largest absolute Gasteiger partial charge is 0.481 e. The monoisotopic (exact) mass is 230 g/mol. The number of hydrogen-bond acceptors (Lipinski definition) is 4. The molecule has 92 valence electrons. The Hall–Kier alpha value is -1.14. The molecule has 0 aromatic heterocycles. The molecule has 0 aromatic carbocycles. The first kappa shape index (κ1) is 12.9. The Morgan fingerprint density at radius 2 is 2.19 bits per heavy atom. The molecule has 16 heavy (non-hydrogen) atoms. The lowest BCUT2D eigenvalue weighted by Gasteiger charge is -2.20. The minimum absolute atomic E-state index is 0.0400. The lowest BCUT2D eigenvalue weighted by atomic mass is 10.2. The Labute approximate surface area is 94.3 Å². The Morgan fingerprint density at radius 1 is 1.50 bits per heavy atom. The van der Waals surface area contributed by atoms with Crippen LogP contribution in [0, 0.1) is 0 Å². The summed E-state index contributed by atoms with van der Waals surface area (Å²) in [6.07, 6.45) is 0.918. The zero-order chi connectivity index (χ0) is 12.1. The molecule has 6 heteroatoms. The molecule has 0 radical (unpaired) electrons. The zero-order valence-corrected chi connectivity index (χ0v) is 9.39. The number of rotatable bonds is 5. The maximum atomic E-state index is 11.8. The van der Waals surface area contributed by atoms with Gasteiger partial charge in [-0.15, -0.1) is 0 Å². The summed E-state index contributed by atoms with van der Waals surface area (Å²) in [5.74, 6) is -1.07. The highest BCUT2D eigenvalue weighted by Gasteiger charge is 2.31. The van der Waals surface area contributed by atoms with E-state index in [0.29, 0.717) is 13.0 Å². The Morgan fingerprint density at radius 3 is 2.69 bits per heavy atom. The van der Waals surface area contributed by atoms with Gasteiger partial charge in [-0.25, -0.2) is 0 Å². The van der Waals surface area contributed by atoms with E-state index in [9.17, 15) is 9.59 Å². The maximum Gasteiger partial charge on any atom is 0.305 e. The summed E-state index contributed by atoms with van der Waals surface area (Å²) < 4.78 is 5.44. The van der Waals surface area contributed by atoms with Crippen LogP contribution in [0.25, 0.3) is 0 Å². The van der Waals surface area contributed by atoms with Gasteiger partial charge in [0.15, 0.2) is 0 Å². The van der Waals surface area contributed by atoms with Crippen LogP contribution >= 0.6 is 0 Å². The van der Waals surface area contributed by atoms with E-state index in [1.54, 1.807) is 7.05 Å². The number of carboxylic acid groups (broad SMARTS) is 1. The van der Waals surface area contributed by atoms with Crippen LogP contribution in [0.5, 0.6) is 0 Å². The molecule has 2 atom stereocenters. The van der Waals surface area contributed by atoms with Crippen molar-refractivity contribution in [1.82, 2.24) is 4.90 Å². The molecule has 0 spiro atoms. The van der Waals surface area contributed by atoms with Crippen molar-refractivity contribution in [1.29, 1.82) is 0 Å². The number of carboxylic acids is 1. The summed E-state index contributed by atoms with van der Waals surface area (Å²) >= 11 is 0. The van der Waals surface area contributed by atoms with Gasteiger partial charge in [0.25, 0.3) is 5.91 Å². The van der Waals surface area contributed by atoms with Crippen molar-refractivity contribution in [2.45, 2.75) is 31.5 Å². The SMILES string of the molecule is CN(CCC(=O)O)C(=O)C1CCC(CN)O1. The van der Waals surface area contributed by atoms with Crippen molar-refractivity contribution in [3.8, 4) is 0 Å². The molecule has 1 amide bonds. The average Bonchev–Trinajstić information content (AvgIpc) is 2.73. The van der Waals surface area contributed by atoms with Crippen molar-refractivity contribution in [3.05, 3.63) is 0 Å². The van der Waals surface area contributed by atoms with E-state index >= 15 is 0 Å². The molecule has 0 saturated carbocycles.